The number of benzene rings is 1. The number of carbonyl (C=O) groups excluding carboxylic acids is 1. The summed E-state index contributed by atoms with van der Waals surface area (Å²) in [7, 11) is 0. The number of unbranched alkanes of at least 4 members (excludes halogenated alkanes) is 5. The fourth-order valence-electron chi connectivity index (χ4n) is 3.46. The second-order valence-corrected chi connectivity index (χ2v) is 8.28. The Labute approximate surface area is 188 Å². The minimum atomic E-state index is -0.134. The van der Waals surface area contributed by atoms with E-state index in [1.807, 2.05) is 44.3 Å². The Morgan fingerprint density at radius 2 is 1.68 bits per heavy atom. The Morgan fingerprint density at radius 1 is 0.935 bits per heavy atom. The molecule has 4 heteroatoms. The van der Waals surface area contributed by atoms with Crippen LogP contribution in [0.1, 0.15) is 84.1 Å². The first-order chi connectivity index (χ1) is 15.1. The molecule has 4 nitrogen and oxygen atoms in total. The number of nitrogens with zero attached hydrogens (tertiary/aromatic N) is 1. The maximum Gasteiger partial charge on any atom is 0.306 e. The smallest absolute Gasteiger partial charge is 0.306 e. The van der Waals surface area contributed by atoms with E-state index in [1.165, 1.54) is 44.1 Å². The predicted octanol–water partition coefficient (Wildman–Crippen LogP) is 7.15. The van der Waals surface area contributed by atoms with Gasteiger partial charge in [0.1, 0.15) is 11.9 Å². The Kier molecular flexibility index (Phi) is 11.7. The van der Waals surface area contributed by atoms with Crippen LogP contribution >= 0.6 is 0 Å². The minimum Gasteiger partial charge on any atom is -0.493 e. The molecule has 2 rings (SSSR count). The van der Waals surface area contributed by atoms with Crippen molar-refractivity contribution in [3.63, 3.8) is 0 Å². The third kappa shape index (κ3) is 9.99. The average molecular weight is 426 g/mol. The third-order valence-electron chi connectivity index (χ3n) is 5.37. The summed E-state index contributed by atoms with van der Waals surface area (Å²) in [4.78, 5) is 16.2. The molecule has 0 amide bonds. The topological polar surface area (TPSA) is 48.4 Å². The summed E-state index contributed by atoms with van der Waals surface area (Å²) in [6.45, 7) is 6.65. The van der Waals surface area contributed by atoms with Gasteiger partial charge in [-0.2, -0.15) is 0 Å². The van der Waals surface area contributed by atoms with Gasteiger partial charge in [-0.25, -0.2) is 0 Å². The van der Waals surface area contributed by atoms with Crippen molar-refractivity contribution in [2.45, 2.75) is 91.1 Å². The van der Waals surface area contributed by atoms with Gasteiger partial charge in [0, 0.05) is 24.6 Å². The first-order valence-electron chi connectivity index (χ1n) is 12.0. The third-order valence-corrected chi connectivity index (χ3v) is 5.37. The van der Waals surface area contributed by atoms with E-state index in [0.29, 0.717) is 19.4 Å². The standard InChI is InChI=1S/C27H39NO3/c1-4-6-7-8-9-10-12-23-13-18-26(28-21-23)24-14-16-25(17-15-24)30-20-19-22(3)31-27(29)11-5-2/h13-18,21-22H,4-12,19-20H2,1-3H3. The monoisotopic (exact) mass is 425 g/mol. The van der Waals surface area contributed by atoms with E-state index in [9.17, 15) is 4.79 Å². The number of hydrogen-bond acceptors (Lipinski definition) is 4. The molecule has 1 heterocycles. The van der Waals surface area contributed by atoms with E-state index < -0.39 is 0 Å². The summed E-state index contributed by atoms with van der Waals surface area (Å²) in [6.07, 6.45) is 12.9. The van der Waals surface area contributed by atoms with Gasteiger partial charge in [-0.15, -0.1) is 0 Å². The summed E-state index contributed by atoms with van der Waals surface area (Å²) >= 11 is 0. The highest BCUT2D eigenvalue weighted by Crippen LogP contribution is 2.21. The number of pyridine rings is 1. The van der Waals surface area contributed by atoms with Crippen molar-refractivity contribution in [3.8, 4) is 17.0 Å². The molecule has 2 aromatic rings. The maximum atomic E-state index is 11.5. The zero-order valence-electron chi connectivity index (χ0n) is 19.6. The molecule has 0 spiro atoms. The van der Waals surface area contributed by atoms with Gasteiger partial charge in [0.25, 0.3) is 0 Å². The van der Waals surface area contributed by atoms with Crippen molar-refractivity contribution < 1.29 is 14.3 Å². The molecule has 1 aromatic heterocycles. The van der Waals surface area contributed by atoms with Crippen LogP contribution in [0.2, 0.25) is 0 Å². The summed E-state index contributed by atoms with van der Waals surface area (Å²) < 4.78 is 11.1. The van der Waals surface area contributed by atoms with E-state index in [2.05, 4.69) is 24.0 Å². The van der Waals surface area contributed by atoms with Gasteiger partial charge in [0.2, 0.25) is 0 Å². The summed E-state index contributed by atoms with van der Waals surface area (Å²) in [5.41, 5.74) is 3.38. The van der Waals surface area contributed by atoms with Gasteiger partial charge in [0.05, 0.1) is 12.3 Å². The van der Waals surface area contributed by atoms with Gasteiger partial charge in [-0.3, -0.25) is 9.78 Å². The van der Waals surface area contributed by atoms with E-state index in [0.717, 1.165) is 29.8 Å². The van der Waals surface area contributed by atoms with Crippen molar-refractivity contribution in [3.05, 3.63) is 48.2 Å². The van der Waals surface area contributed by atoms with Crippen molar-refractivity contribution in [2.75, 3.05) is 6.61 Å². The predicted molar refractivity (Wildman–Crippen MR) is 127 cm³/mol. The number of hydrogen-bond donors (Lipinski definition) is 0. The van der Waals surface area contributed by atoms with Gasteiger partial charge in [0.15, 0.2) is 0 Å². The van der Waals surface area contributed by atoms with Gasteiger partial charge >= 0.3 is 5.97 Å². The molecule has 0 bridgehead atoms. The summed E-state index contributed by atoms with van der Waals surface area (Å²) in [6, 6.07) is 12.3. The second-order valence-electron chi connectivity index (χ2n) is 8.28. The molecular formula is C27H39NO3. The molecule has 1 unspecified atom stereocenters. The molecule has 0 saturated carbocycles. The second kappa shape index (κ2) is 14.6. The van der Waals surface area contributed by atoms with Gasteiger partial charge < -0.3 is 9.47 Å². The first-order valence-corrected chi connectivity index (χ1v) is 12.0. The lowest BCUT2D eigenvalue weighted by Gasteiger charge is -2.13. The number of aryl methyl sites for hydroxylation is 1. The van der Waals surface area contributed by atoms with Crippen LogP contribution in [0, 0.1) is 0 Å². The molecule has 1 aromatic carbocycles. The average Bonchev–Trinajstić information content (AvgIpc) is 2.77. The quantitative estimate of drug-likeness (QED) is 0.224. The fourth-order valence-corrected chi connectivity index (χ4v) is 3.46. The van der Waals surface area contributed by atoms with E-state index in [-0.39, 0.29) is 12.1 Å². The zero-order chi connectivity index (χ0) is 22.3. The Balaban J connectivity index is 1.72. The number of aromatic nitrogens is 1. The molecule has 170 valence electrons. The first kappa shape index (κ1) is 24.9. The normalized spacial score (nSPS) is 11.8. The van der Waals surface area contributed by atoms with Crippen LogP contribution in [0.3, 0.4) is 0 Å². The van der Waals surface area contributed by atoms with Crippen LogP contribution in [-0.2, 0) is 16.0 Å². The van der Waals surface area contributed by atoms with Crippen molar-refractivity contribution in [1.29, 1.82) is 0 Å². The number of esters is 1. The van der Waals surface area contributed by atoms with E-state index >= 15 is 0 Å². The Hall–Kier alpha value is -2.36. The molecule has 0 saturated heterocycles. The Morgan fingerprint density at radius 3 is 2.35 bits per heavy atom. The highest BCUT2D eigenvalue weighted by Gasteiger charge is 2.09. The zero-order valence-corrected chi connectivity index (χ0v) is 19.6. The van der Waals surface area contributed by atoms with Crippen molar-refractivity contribution in [2.24, 2.45) is 0 Å². The summed E-state index contributed by atoms with van der Waals surface area (Å²) in [5.74, 6) is 0.681. The molecule has 0 aliphatic heterocycles. The molecule has 0 aliphatic carbocycles. The lowest BCUT2D eigenvalue weighted by Crippen LogP contribution is -2.17. The molecule has 1 atom stereocenters. The summed E-state index contributed by atoms with van der Waals surface area (Å²) in [5, 5.41) is 0. The van der Waals surface area contributed by atoms with E-state index in [1.54, 1.807) is 0 Å². The highest BCUT2D eigenvalue weighted by atomic mass is 16.5. The Bertz CT molecular complexity index is 740. The van der Waals surface area contributed by atoms with Crippen molar-refractivity contribution in [1.82, 2.24) is 4.98 Å². The highest BCUT2D eigenvalue weighted by molar-refractivity contribution is 5.69. The largest absolute Gasteiger partial charge is 0.493 e. The van der Waals surface area contributed by atoms with Crippen LogP contribution in [0.25, 0.3) is 11.3 Å². The lowest BCUT2D eigenvalue weighted by atomic mass is 10.1. The number of ether oxygens (including phenoxy) is 2. The SMILES string of the molecule is CCCCCCCCc1ccc(-c2ccc(OCCC(C)OC(=O)CCC)cc2)nc1. The minimum absolute atomic E-state index is 0.127. The molecular weight excluding hydrogens is 386 g/mol. The number of carbonyl (C=O) groups is 1. The van der Waals surface area contributed by atoms with Crippen molar-refractivity contribution >= 4 is 5.97 Å². The van der Waals surface area contributed by atoms with Crippen LogP contribution in [0.5, 0.6) is 5.75 Å². The van der Waals surface area contributed by atoms with Crippen LogP contribution in [0.4, 0.5) is 0 Å². The van der Waals surface area contributed by atoms with Crippen LogP contribution < -0.4 is 4.74 Å². The van der Waals surface area contributed by atoms with Crippen LogP contribution in [0.15, 0.2) is 42.6 Å². The molecule has 31 heavy (non-hydrogen) atoms. The molecule has 0 aliphatic rings. The molecule has 0 N–H and O–H groups in total. The van der Waals surface area contributed by atoms with Crippen LogP contribution in [-0.4, -0.2) is 23.7 Å². The van der Waals surface area contributed by atoms with E-state index in [4.69, 9.17) is 9.47 Å². The molecule has 0 fully saturated rings. The lowest BCUT2D eigenvalue weighted by molar-refractivity contribution is -0.148. The number of rotatable bonds is 15. The van der Waals surface area contributed by atoms with Gasteiger partial charge in [-0.05, 0) is 62.1 Å². The van der Waals surface area contributed by atoms with Gasteiger partial charge in [-0.1, -0.05) is 52.0 Å². The fraction of sp³-hybridized carbons (Fsp3) is 0.556. The molecule has 0 radical (unpaired) electrons. The maximum absolute atomic E-state index is 11.5.